The Morgan fingerprint density at radius 3 is 2.71 bits per heavy atom. The van der Waals surface area contributed by atoms with E-state index in [1.165, 1.54) is 24.0 Å². The monoisotopic (exact) mass is 285 g/mol. The van der Waals surface area contributed by atoms with Gasteiger partial charge in [-0.25, -0.2) is 0 Å². The average molecular weight is 285 g/mol. The summed E-state index contributed by atoms with van der Waals surface area (Å²) in [5.74, 6) is 2.85. The number of benzene rings is 1. The Labute approximate surface area is 126 Å². The van der Waals surface area contributed by atoms with Crippen LogP contribution in [0, 0.1) is 20.8 Å². The first-order valence-electron chi connectivity index (χ1n) is 7.63. The standard InChI is InChI=1S/C18H23NO2/c1-12-4-5-13(2)17(8-12)20-11-16-9-14(3)18(21-16)10-19-15-6-7-15/h4-5,8-9,15,19H,6-7,10-11H2,1-3H3. The van der Waals surface area contributed by atoms with Gasteiger partial charge in [-0.1, -0.05) is 12.1 Å². The molecule has 0 bridgehead atoms. The minimum Gasteiger partial charge on any atom is -0.485 e. The number of ether oxygens (including phenoxy) is 1. The van der Waals surface area contributed by atoms with Crippen LogP contribution in [-0.4, -0.2) is 6.04 Å². The van der Waals surface area contributed by atoms with Crippen LogP contribution in [0.1, 0.15) is 41.1 Å². The van der Waals surface area contributed by atoms with Gasteiger partial charge < -0.3 is 14.5 Å². The molecule has 3 rings (SSSR count). The molecule has 0 atom stereocenters. The number of rotatable bonds is 6. The van der Waals surface area contributed by atoms with Crippen molar-refractivity contribution in [3.8, 4) is 5.75 Å². The number of nitrogens with one attached hydrogen (secondary N) is 1. The topological polar surface area (TPSA) is 34.4 Å². The SMILES string of the molecule is Cc1ccc(C)c(OCc2cc(C)c(CNC3CC3)o2)c1. The Hall–Kier alpha value is -1.74. The molecule has 0 amide bonds. The predicted octanol–water partition coefficient (Wildman–Crippen LogP) is 4.04. The first-order chi connectivity index (χ1) is 10.1. The summed E-state index contributed by atoms with van der Waals surface area (Å²) in [7, 11) is 0. The van der Waals surface area contributed by atoms with Gasteiger partial charge in [0.25, 0.3) is 0 Å². The number of furan rings is 1. The largest absolute Gasteiger partial charge is 0.485 e. The van der Waals surface area contributed by atoms with Crippen molar-refractivity contribution in [1.29, 1.82) is 0 Å². The van der Waals surface area contributed by atoms with Gasteiger partial charge in [0.15, 0.2) is 0 Å². The summed E-state index contributed by atoms with van der Waals surface area (Å²) in [5, 5.41) is 3.48. The highest BCUT2D eigenvalue weighted by atomic mass is 16.5. The maximum absolute atomic E-state index is 5.90. The normalized spacial score (nSPS) is 14.4. The lowest BCUT2D eigenvalue weighted by atomic mass is 10.1. The zero-order valence-electron chi connectivity index (χ0n) is 13.0. The molecule has 112 valence electrons. The lowest BCUT2D eigenvalue weighted by Gasteiger charge is -2.08. The van der Waals surface area contributed by atoms with Crippen LogP contribution >= 0.6 is 0 Å². The molecule has 1 saturated carbocycles. The third-order valence-corrected chi connectivity index (χ3v) is 3.91. The maximum Gasteiger partial charge on any atom is 0.146 e. The van der Waals surface area contributed by atoms with E-state index < -0.39 is 0 Å². The molecule has 1 aromatic heterocycles. The first-order valence-corrected chi connectivity index (χ1v) is 7.63. The third-order valence-electron chi connectivity index (χ3n) is 3.91. The first kappa shape index (κ1) is 14.2. The summed E-state index contributed by atoms with van der Waals surface area (Å²) in [6, 6.07) is 9.03. The van der Waals surface area contributed by atoms with Crippen molar-refractivity contribution in [2.45, 2.75) is 52.8 Å². The van der Waals surface area contributed by atoms with E-state index in [0.717, 1.165) is 29.4 Å². The number of aryl methyl sites for hydroxylation is 3. The van der Waals surface area contributed by atoms with Crippen LogP contribution in [0.15, 0.2) is 28.7 Å². The average Bonchev–Trinajstić information content (AvgIpc) is 3.21. The van der Waals surface area contributed by atoms with Crippen LogP contribution in [0.3, 0.4) is 0 Å². The summed E-state index contributed by atoms with van der Waals surface area (Å²) in [6.45, 7) is 7.53. The molecule has 1 aliphatic rings. The second kappa shape index (κ2) is 5.94. The molecule has 3 nitrogen and oxygen atoms in total. The maximum atomic E-state index is 5.90. The Balaban J connectivity index is 1.61. The summed E-state index contributed by atoms with van der Waals surface area (Å²) in [5.41, 5.74) is 3.56. The fourth-order valence-corrected chi connectivity index (χ4v) is 2.37. The molecule has 21 heavy (non-hydrogen) atoms. The van der Waals surface area contributed by atoms with Crippen molar-refractivity contribution in [3.63, 3.8) is 0 Å². The molecule has 1 fully saturated rings. The molecule has 2 aromatic rings. The van der Waals surface area contributed by atoms with Gasteiger partial charge in [0, 0.05) is 6.04 Å². The molecule has 1 aromatic carbocycles. The van der Waals surface area contributed by atoms with Gasteiger partial charge in [-0.15, -0.1) is 0 Å². The molecular weight excluding hydrogens is 262 g/mol. The van der Waals surface area contributed by atoms with Crippen molar-refractivity contribution in [2.24, 2.45) is 0 Å². The fourth-order valence-electron chi connectivity index (χ4n) is 2.37. The van der Waals surface area contributed by atoms with E-state index in [-0.39, 0.29) is 0 Å². The Morgan fingerprint density at radius 1 is 1.14 bits per heavy atom. The van der Waals surface area contributed by atoms with Crippen molar-refractivity contribution in [1.82, 2.24) is 5.32 Å². The van der Waals surface area contributed by atoms with Crippen LogP contribution in [0.2, 0.25) is 0 Å². The highest BCUT2D eigenvalue weighted by Crippen LogP contribution is 2.23. The van der Waals surface area contributed by atoms with E-state index in [9.17, 15) is 0 Å². The molecule has 0 aliphatic heterocycles. The van der Waals surface area contributed by atoms with Crippen molar-refractivity contribution < 1.29 is 9.15 Å². The Bertz CT molecular complexity index is 626. The smallest absolute Gasteiger partial charge is 0.146 e. The fraction of sp³-hybridized carbons (Fsp3) is 0.444. The van der Waals surface area contributed by atoms with E-state index in [1.54, 1.807) is 0 Å². The summed E-state index contributed by atoms with van der Waals surface area (Å²) in [4.78, 5) is 0. The van der Waals surface area contributed by atoms with E-state index in [0.29, 0.717) is 12.6 Å². The zero-order chi connectivity index (χ0) is 14.8. The van der Waals surface area contributed by atoms with E-state index in [4.69, 9.17) is 9.15 Å². The van der Waals surface area contributed by atoms with Crippen molar-refractivity contribution >= 4 is 0 Å². The molecule has 0 unspecified atom stereocenters. The highest BCUT2D eigenvalue weighted by molar-refractivity contribution is 5.36. The van der Waals surface area contributed by atoms with Crippen LogP contribution in [0.4, 0.5) is 0 Å². The molecule has 1 aliphatic carbocycles. The zero-order valence-corrected chi connectivity index (χ0v) is 13.0. The van der Waals surface area contributed by atoms with E-state index >= 15 is 0 Å². The minimum absolute atomic E-state index is 0.481. The van der Waals surface area contributed by atoms with Crippen LogP contribution in [0.5, 0.6) is 5.75 Å². The number of hydrogen-bond acceptors (Lipinski definition) is 3. The summed E-state index contributed by atoms with van der Waals surface area (Å²) in [6.07, 6.45) is 2.59. The molecule has 1 heterocycles. The Morgan fingerprint density at radius 2 is 1.95 bits per heavy atom. The highest BCUT2D eigenvalue weighted by Gasteiger charge is 2.21. The van der Waals surface area contributed by atoms with Crippen molar-refractivity contribution in [2.75, 3.05) is 0 Å². The predicted molar refractivity (Wildman–Crippen MR) is 83.6 cm³/mol. The molecule has 0 saturated heterocycles. The second-order valence-electron chi connectivity index (χ2n) is 6.03. The molecule has 3 heteroatoms. The summed E-state index contributed by atoms with van der Waals surface area (Å²) >= 11 is 0. The second-order valence-corrected chi connectivity index (χ2v) is 6.03. The summed E-state index contributed by atoms with van der Waals surface area (Å²) < 4.78 is 11.8. The Kier molecular flexibility index (Phi) is 4.02. The quantitative estimate of drug-likeness (QED) is 0.870. The van der Waals surface area contributed by atoms with Gasteiger partial charge in [-0.2, -0.15) is 0 Å². The molecule has 1 N–H and O–H groups in total. The van der Waals surface area contributed by atoms with E-state index in [2.05, 4.69) is 50.4 Å². The third kappa shape index (κ3) is 3.67. The van der Waals surface area contributed by atoms with Crippen molar-refractivity contribution in [3.05, 3.63) is 52.5 Å². The van der Waals surface area contributed by atoms with E-state index in [1.807, 2.05) is 0 Å². The number of hydrogen-bond donors (Lipinski definition) is 1. The van der Waals surface area contributed by atoms with Gasteiger partial charge >= 0.3 is 0 Å². The van der Waals surface area contributed by atoms with Gasteiger partial charge in [-0.3, -0.25) is 0 Å². The van der Waals surface area contributed by atoms with Crippen LogP contribution in [0.25, 0.3) is 0 Å². The van der Waals surface area contributed by atoms with Gasteiger partial charge in [0.05, 0.1) is 6.54 Å². The minimum atomic E-state index is 0.481. The van der Waals surface area contributed by atoms with Gasteiger partial charge in [0.2, 0.25) is 0 Å². The van der Waals surface area contributed by atoms with Gasteiger partial charge in [0.1, 0.15) is 23.9 Å². The lowest BCUT2D eigenvalue weighted by molar-refractivity contribution is 0.263. The van der Waals surface area contributed by atoms with Gasteiger partial charge in [-0.05, 0) is 62.4 Å². The molecule has 0 spiro atoms. The van der Waals surface area contributed by atoms with Crippen LogP contribution < -0.4 is 10.1 Å². The lowest BCUT2D eigenvalue weighted by Crippen LogP contribution is -2.15. The molecule has 0 radical (unpaired) electrons. The molecular formula is C18H23NO2. The van der Waals surface area contributed by atoms with Crippen LogP contribution in [-0.2, 0) is 13.2 Å².